The number of thiophene rings is 1. The number of anilines is 1. The number of hydrogen-bond acceptors (Lipinski definition) is 4. The molecule has 2 heterocycles. The highest BCUT2D eigenvalue weighted by Crippen LogP contribution is 2.32. The second kappa shape index (κ2) is 5.70. The van der Waals surface area contributed by atoms with Crippen LogP contribution in [0.15, 0.2) is 30.3 Å². The quantitative estimate of drug-likeness (QED) is 0.921. The molecule has 0 fully saturated rings. The third-order valence-corrected chi connectivity index (χ3v) is 5.37. The Bertz CT molecular complexity index is 659. The Morgan fingerprint density at radius 2 is 2.10 bits per heavy atom. The summed E-state index contributed by atoms with van der Waals surface area (Å²) in [6.07, 6.45) is 1.06. The van der Waals surface area contributed by atoms with E-state index < -0.39 is 0 Å². The van der Waals surface area contributed by atoms with Gasteiger partial charge in [-0.1, -0.05) is 0 Å². The molecule has 1 amide bonds. The predicted molar refractivity (Wildman–Crippen MR) is 83.3 cm³/mol. The Labute approximate surface area is 125 Å². The van der Waals surface area contributed by atoms with Crippen molar-refractivity contribution in [3.8, 4) is 6.07 Å². The summed E-state index contributed by atoms with van der Waals surface area (Å²) < 4.78 is 0. The van der Waals surface area contributed by atoms with E-state index in [2.05, 4.69) is 11.4 Å². The third-order valence-electron chi connectivity index (χ3n) is 3.12. The molecule has 0 saturated heterocycles. The van der Waals surface area contributed by atoms with Crippen LogP contribution in [0.5, 0.6) is 0 Å². The van der Waals surface area contributed by atoms with Gasteiger partial charge in [-0.25, -0.2) is 0 Å². The zero-order valence-electron chi connectivity index (χ0n) is 10.7. The molecule has 1 aromatic heterocycles. The predicted octanol–water partition coefficient (Wildman–Crippen LogP) is 3.66. The van der Waals surface area contributed by atoms with Gasteiger partial charge in [0.1, 0.15) is 0 Å². The van der Waals surface area contributed by atoms with E-state index in [0.29, 0.717) is 5.56 Å². The molecule has 3 nitrogen and oxygen atoms in total. The molecule has 0 spiro atoms. The maximum atomic E-state index is 12.2. The summed E-state index contributed by atoms with van der Waals surface area (Å²) in [5.74, 6) is 2.08. The number of nitriles is 1. The summed E-state index contributed by atoms with van der Waals surface area (Å²) in [6, 6.07) is 11.0. The van der Waals surface area contributed by atoms with Gasteiger partial charge >= 0.3 is 0 Å². The molecular formula is C15H12N2OS2. The minimum Gasteiger partial charge on any atom is -0.321 e. The van der Waals surface area contributed by atoms with Gasteiger partial charge in [0.2, 0.25) is 0 Å². The van der Waals surface area contributed by atoms with E-state index in [0.717, 1.165) is 28.5 Å². The smallest absolute Gasteiger partial charge is 0.265 e. The minimum absolute atomic E-state index is 0.0703. The highest BCUT2D eigenvalue weighted by Gasteiger charge is 2.17. The SMILES string of the molecule is N#Cc1ccc(NC(=O)c2cc3c(s2)CCSC3)cc1. The number of aryl methyl sites for hydroxylation is 1. The van der Waals surface area contributed by atoms with Crippen LogP contribution in [0.4, 0.5) is 5.69 Å². The lowest BCUT2D eigenvalue weighted by atomic mass is 10.2. The van der Waals surface area contributed by atoms with Crippen LogP contribution >= 0.6 is 23.1 Å². The molecule has 5 heteroatoms. The van der Waals surface area contributed by atoms with Crippen LogP contribution in [0.3, 0.4) is 0 Å². The summed E-state index contributed by atoms with van der Waals surface area (Å²) in [7, 11) is 0. The van der Waals surface area contributed by atoms with Crippen LogP contribution in [0, 0.1) is 11.3 Å². The van der Waals surface area contributed by atoms with E-state index in [-0.39, 0.29) is 5.91 Å². The number of hydrogen-bond donors (Lipinski definition) is 1. The molecule has 0 atom stereocenters. The summed E-state index contributed by atoms with van der Waals surface area (Å²) in [4.78, 5) is 14.3. The van der Waals surface area contributed by atoms with Gasteiger partial charge in [-0.15, -0.1) is 11.3 Å². The molecule has 2 aromatic rings. The van der Waals surface area contributed by atoms with E-state index in [1.165, 1.54) is 10.4 Å². The number of nitrogens with zero attached hydrogens (tertiary/aromatic N) is 1. The van der Waals surface area contributed by atoms with Crippen molar-refractivity contribution < 1.29 is 4.79 Å². The molecule has 1 aromatic carbocycles. The maximum Gasteiger partial charge on any atom is 0.265 e. The molecule has 0 unspecified atom stereocenters. The average molecular weight is 300 g/mol. The molecule has 1 aliphatic heterocycles. The van der Waals surface area contributed by atoms with Crippen LogP contribution in [-0.4, -0.2) is 11.7 Å². The van der Waals surface area contributed by atoms with E-state index in [9.17, 15) is 4.79 Å². The van der Waals surface area contributed by atoms with Crippen molar-refractivity contribution in [1.82, 2.24) is 0 Å². The van der Waals surface area contributed by atoms with E-state index in [1.54, 1.807) is 35.6 Å². The van der Waals surface area contributed by atoms with Crippen molar-refractivity contribution >= 4 is 34.7 Å². The lowest BCUT2D eigenvalue weighted by Gasteiger charge is -2.08. The number of carbonyl (C=O) groups excluding carboxylic acids is 1. The number of fused-ring (bicyclic) bond motifs is 1. The van der Waals surface area contributed by atoms with Crippen molar-refractivity contribution in [2.45, 2.75) is 12.2 Å². The average Bonchev–Trinajstić information content (AvgIpc) is 2.92. The van der Waals surface area contributed by atoms with Gasteiger partial charge in [-0.05, 0) is 48.1 Å². The lowest BCUT2D eigenvalue weighted by Crippen LogP contribution is -2.09. The van der Waals surface area contributed by atoms with E-state index >= 15 is 0 Å². The van der Waals surface area contributed by atoms with Gasteiger partial charge in [0.05, 0.1) is 16.5 Å². The van der Waals surface area contributed by atoms with Crippen LogP contribution in [0.1, 0.15) is 25.7 Å². The van der Waals surface area contributed by atoms with Gasteiger partial charge in [0, 0.05) is 16.3 Å². The van der Waals surface area contributed by atoms with Crippen molar-refractivity contribution in [1.29, 1.82) is 5.26 Å². The monoisotopic (exact) mass is 300 g/mol. The van der Waals surface area contributed by atoms with Crippen molar-refractivity contribution in [3.05, 3.63) is 51.2 Å². The fourth-order valence-electron chi connectivity index (χ4n) is 2.08. The van der Waals surface area contributed by atoms with Gasteiger partial charge < -0.3 is 5.32 Å². The van der Waals surface area contributed by atoms with E-state index in [1.807, 2.05) is 17.8 Å². The molecule has 1 aliphatic rings. The number of benzene rings is 1. The third kappa shape index (κ3) is 2.72. The normalized spacial score (nSPS) is 13.3. The minimum atomic E-state index is -0.0703. The number of amides is 1. The first-order valence-corrected chi connectivity index (χ1v) is 8.24. The molecule has 1 N–H and O–H groups in total. The zero-order chi connectivity index (χ0) is 13.9. The highest BCUT2D eigenvalue weighted by molar-refractivity contribution is 7.98. The molecular weight excluding hydrogens is 288 g/mol. The largest absolute Gasteiger partial charge is 0.321 e. The number of rotatable bonds is 2. The molecule has 0 saturated carbocycles. The Morgan fingerprint density at radius 3 is 2.80 bits per heavy atom. The van der Waals surface area contributed by atoms with Gasteiger partial charge in [-0.2, -0.15) is 17.0 Å². The molecule has 0 bridgehead atoms. The Balaban J connectivity index is 1.75. The van der Waals surface area contributed by atoms with Crippen LogP contribution in [0.2, 0.25) is 0 Å². The summed E-state index contributed by atoms with van der Waals surface area (Å²) in [5.41, 5.74) is 2.61. The molecule has 20 heavy (non-hydrogen) atoms. The van der Waals surface area contributed by atoms with Crippen LogP contribution in [-0.2, 0) is 12.2 Å². The Hall–Kier alpha value is -1.77. The van der Waals surface area contributed by atoms with Crippen LogP contribution in [0.25, 0.3) is 0 Å². The molecule has 0 radical (unpaired) electrons. The maximum absolute atomic E-state index is 12.2. The fourth-order valence-corrected chi connectivity index (χ4v) is 4.35. The first-order chi connectivity index (χ1) is 9.76. The highest BCUT2D eigenvalue weighted by atomic mass is 32.2. The van der Waals surface area contributed by atoms with Crippen LogP contribution < -0.4 is 5.32 Å². The van der Waals surface area contributed by atoms with E-state index in [4.69, 9.17) is 5.26 Å². The van der Waals surface area contributed by atoms with Gasteiger partial charge in [0.25, 0.3) is 5.91 Å². The van der Waals surface area contributed by atoms with Crippen molar-refractivity contribution in [2.75, 3.05) is 11.1 Å². The zero-order valence-corrected chi connectivity index (χ0v) is 12.3. The standard InChI is InChI=1S/C15H12N2OS2/c16-8-10-1-3-12(4-2-10)17-15(18)14-7-11-9-19-6-5-13(11)20-14/h1-4,7H,5-6,9H2,(H,17,18). The Morgan fingerprint density at radius 1 is 1.30 bits per heavy atom. The lowest BCUT2D eigenvalue weighted by molar-refractivity contribution is 0.103. The second-order valence-electron chi connectivity index (χ2n) is 4.50. The van der Waals surface area contributed by atoms with Gasteiger partial charge in [-0.3, -0.25) is 4.79 Å². The number of nitrogens with one attached hydrogen (secondary N) is 1. The first-order valence-electron chi connectivity index (χ1n) is 6.27. The van der Waals surface area contributed by atoms with Crippen molar-refractivity contribution in [3.63, 3.8) is 0 Å². The first kappa shape index (κ1) is 13.2. The molecule has 0 aliphatic carbocycles. The van der Waals surface area contributed by atoms with Crippen molar-refractivity contribution in [2.24, 2.45) is 0 Å². The molecule has 3 rings (SSSR count). The number of carbonyl (C=O) groups is 1. The molecule has 100 valence electrons. The summed E-state index contributed by atoms with van der Waals surface area (Å²) in [6.45, 7) is 0. The summed E-state index contributed by atoms with van der Waals surface area (Å²) >= 11 is 3.51. The summed E-state index contributed by atoms with van der Waals surface area (Å²) in [5, 5.41) is 11.6. The topological polar surface area (TPSA) is 52.9 Å². The fraction of sp³-hybridized carbons (Fsp3) is 0.200. The van der Waals surface area contributed by atoms with Gasteiger partial charge in [0.15, 0.2) is 0 Å². The number of thioether (sulfide) groups is 1. The Kier molecular flexibility index (Phi) is 3.77. The second-order valence-corrected chi connectivity index (χ2v) is 6.75.